The number of carbonyl (C=O) groups excluding carboxylic acids is 1. The molecule has 1 amide bonds. The Balaban J connectivity index is 1.86. The highest BCUT2D eigenvalue weighted by atomic mass is 16.7. The van der Waals surface area contributed by atoms with Gasteiger partial charge in [0.2, 0.25) is 0 Å². The summed E-state index contributed by atoms with van der Waals surface area (Å²) in [6.45, 7) is 4.56. The van der Waals surface area contributed by atoms with E-state index in [0.29, 0.717) is 24.3 Å². The fourth-order valence-corrected chi connectivity index (χ4v) is 1.87. The summed E-state index contributed by atoms with van der Waals surface area (Å²) in [7, 11) is 0. The molecule has 1 aromatic rings. The highest BCUT2D eigenvalue weighted by Gasteiger charge is 2.32. The maximum absolute atomic E-state index is 11.9. The zero-order valence-electron chi connectivity index (χ0n) is 11.0. The van der Waals surface area contributed by atoms with Crippen LogP contribution in [0.25, 0.3) is 0 Å². The topological polar surface area (TPSA) is 71.3 Å². The van der Waals surface area contributed by atoms with Gasteiger partial charge in [-0.2, -0.15) is 5.26 Å². The van der Waals surface area contributed by atoms with Crippen molar-refractivity contribution in [1.82, 2.24) is 5.32 Å². The van der Waals surface area contributed by atoms with Crippen LogP contribution >= 0.6 is 0 Å². The van der Waals surface area contributed by atoms with E-state index in [4.69, 9.17) is 14.7 Å². The zero-order valence-corrected chi connectivity index (χ0v) is 11.0. The van der Waals surface area contributed by atoms with E-state index in [1.165, 1.54) is 0 Å². The Bertz CT molecular complexity index is 502. The molecule has 1 aromatic carbocycles. The summed E-state index contributed by atoms with van der Waals surface area (Å²) in [6, 6.07) is 8.50. The van der Waals surface area contributed by atoms with Crippen LogP contribution < -0.4 is 5.32 Å². The predicted octanol–water partition coefficient (Wildman–Crippen LogP) is 1.44. The van der Waals surface area contributed by atoms with Crippen molar-refractivity contribution >= 4 is 5.91 Å². The van der Waals surface area contributed by atoms with Crippen LogP contribution in [0.3, 0.4) is 0 Å². The number of amides is 1. The van der Waals surface area contributed by atoms with Crippen molar-refractivity contribution in [1.29, 1.82) is 5.26 Å². The van der Waals surface area contributed by atoms with E-state index in [2.05, 4.69) is 5.32 Å². The third-order valence-corrected chi connectivity index (χ3v) is 2.83. The van der Waals surface area contributed by atoms with Crippen molar-refractivity contribution in [2.24, 2.45) is 0 Å². The largest absolute Gasteiger partial charge is 0.349 e. The number of hydrogen-bond acceptors (Lipinski definition) is 4. The third-order valence-electron chi connectivity index (χ3n) is 2.83. The molecule has 1 unspecified atom stereocenters. The van der Waals surface area contributed by atoms with Gasteiger partial charge in [-0.1, -0.05) is 0 Å². The lowest BCUT2D eigenvalue weighted by molar-refractivity contribution is -0.137. The molecule has 0 spiro atoms. The summed E-state index contributed by atoms with van der Waals surface area (Å²) in [6.07, 6.45) is -0.127. The number of ether oxygens (including phenoxy) is 2. The van der Waals surface area contributed by atoms with E-state index in [0.717, 1.165) is 0 Å². The van der Waals surface area contributed by atoms with Gasteiger partial charge in [0.1, 0.15) is 6.10 Å². The molecule has 1 saturated heterocycles. The third kappa shape index (κ3) is 3.53. The van der Waals surface area contributed by atoms with Gasteiger partial charge in [-0.3, -0.25) is 4.79 Å². The zero-order chi connectivity index (χ0) is 13.9. The fourth-order valence-electron chi connectivity index (χ4n) is 1.87. The van der Waals surface area contributed by atoms with Crippen molar-refractivity contribution < 1.29 is 14.3 Å². The van der Waals surface area contributed by atoms with Crippen molar-refractivity contribution in [3.8, 4) is 6.07 Å². The highest BCUT2D eigenvalue weighted by Crippen LogP contribution is 2.21. The fraction of sp³-hybridized carbons (Fsp3) is 0.429. The quantitative estimate of drug-likeness (QED) is 0.892. The number of benzene rings is 1. The summed E-state index contributed by atoms with van der Waals surface area (Å²) in [5.41, 5.74) is 1.06. The van der Waals surface area contributed by atoms with Gasteiger partial charge < -0.3 is 14.8 Å². The second-order valence-corrected chi connectivity index (χ2v) is 4.85. The molecule has 1 fully saturated rings. The van der Waals surface area contributed by atoms with E-state index < -0.39 is 5.79 Å². The molecule has 2 rings (SSSR count). The normalized spacial score (nSPS) is 20.8. The average Bonchev–Trinajstić information content (AvgIpc) is 2.76. The van der Waals surface area contributed by atoms with E-state index in [9.17, 15) is 4.79 Å². The van der Waals surface area contributed by atoms with Crippen LogP contribution in [0.1, 0.15) is 29.8 Å². The van der Waals surface area contributed by atoms with E-state index >= 15 is 0 Å². The Morgan fingerprint density at radius 2 is 2.16 bits per heavy atom. The van der Waals surface area contributed by atoms with E-state index in [-0.39, 0.29) is 12.0 Å². The second-order valence-electron chi connectivity index (χ2n) is 4.85. The Kier molecular flexibility index (Phi) is 3.84. The number of nitrogens with zero attached hydrogens (tertiary/aromatic N) is 1. The lowest BCUT2D eigenvalue weighted by Gasteiger charge is -2.17. The molecular weight excluding hydrogens is 244 g/mol. The van der Waals surface area contributed by atoms with Crippen LogP contribution in [0.15, 0.2) is 24.3 Å². The van der Waals surface area contributed by atoms with Crippen molar-refractivity contribution in [2.75, 3.05) is 13.2 Å². The molecule has 19 heavy (non-hydrogen) atoms. The van der Waals surface area contributed by atoms with Gasteiger partial charge >= 0.3 is 0 Å². The van der Waals surface area contributed by atoms with Crippen molar-refractivity contribution in [3.63, 3.8) is 0 Å². The summed E-state index contributed by atoms with van der Waals surface area (Å²) in [5, 5.41) is 11.5. The minimum absolute atomic E-state index is 0.127. The van der Waals surface area contributed by atoms with Gasteiger partial charge in [0.25, 0.3) is 5.91 Å². The standard InChI is InChI=1S/C14H16N2O3/c1-14(2)18-9-12(19-14)8-16-13(17)11-5-3-10(7-15)4-6-11/h3-6,12H,8-9H2,1-2H3,(H,16,17). The van der Waals surface area contributed by atoms with Crippen LogP contribution in [0.2, 0.25) is 0 Å². The first-order valence-electron chi connectivity index (χ1n) is 6.10. The van der Waals surface area contributed by atoms with Crippen LogP contribution in [0, 0.1) is 11.3 Å². The molecule has 1 aliphatic heterocycles. The Labute approximate surface area is 112 Å². The number of rotatable bonds is 3. The molecule has 100 valence electrons. The van der Waals surface area contributed by atoms with Crippen molar-refractivity contribution in [2.45, 2.75) is 25.7 Å². The maximum atomic E-state index is 11.9. The molecule has 5 nitrogen and oxygen atoms in total. The van der Waals surface area contributed by atoms with Crippen LogP contribution in [0.4, 0.5) is 0 Å². The molecule has 0 aromatic heterocycles. The highest BCUT2D eigenvalue weighted by molar-refractivity contribution is 5.94. The molecule has 1 aliphatic rings. The van der Waals surface area contributed by atoms with Crippen molar-refractivity contribution in [3.05, 3.63) is 35.4 Å². The van der Waals surface area contributed by atoms with Gasteiger partial charge in [0.15, 0.2) is 5.79 Å². The van der Waals surface area contributed by atoms with Gasteiger partial charge in [0, 0.05) is 12.1 Å². The lowest BCUT2D eigenvalue weighted by atomic mass is 10.1. The first-order chi connectivity index (χ1) is 9.00. The molecule has 0 aliphatic carbocycles. The molecule has 0 saturated carbocycles. The van der Waals surface area contributed by atoms with E-state index in [1.807, 2.05) is 19.9 Å². The smallest absolute Gasteiger partial charge is 0.251 e. The average molecular weight is 260 g/mol. The Morgan fingerprint density at radius 3 is 2.68 bits per heavy atom. The first-order valence-corrected chi connectivity index (χ1v) is 6.10. The lowest BCUT2D eigenvalue weighted by Crippen LogP contribution is -2.34. The van der Waals surface area contributed by atoms with E-state index in [1.54, 1.807) is 24.3 Å². The van der Waals surface area contributed by atoms with Gasteiger partial charge in [-0.25, -0.2) is 0 Å². The second kappa shape index (κ2) is 5.39. The Morgan fingerprint density at radius 1 is 1.47 bits per heavy atom. The summed E-state index contributed by atoms with van der Waals surface area (Å²) in [5.74, 6) is -0.762. The van der Waals surface area contributed by atoms with Crippen LogP contribution in [-0.4, -0.2) is 30.9 Å². The summed E-state index contributed by atoms with van der Waals surface area (Å²) >= 11 is 0. The molecule has 1 atom stereocenters. The van der Waals surface area contributed by atoms with Gasteiger partial charge in [0.05, 0.1) is 18.2 Å². The molecule has 5 heteroatoms. The maximum Gasteiger partial charge on any atom is 0.251 e. The predicted molar refractivity (Wildman–Crippen MR) is 68.4 cm³/mol. The molecule has 1 N–H and O–H groups in total. The SMILES string of the molecule is CC1(C)OCC(CNC(=O)c2ccc(C#N)cc2)O1. The minimum Gasteiger partial charge on any atom is -0.349 e. The Hall–Kier alpha value is -1.90. The first kappa shape index (κ1) is 13.5. The molecule has 0 radical (unpaired) electrons. The molecule has 1 heterocycles. The van der Waals surface area contributed by atoms with Gasteiger partial charge in [-0.15, -0.1) is 0 Å². The molecular formula is C14H16N2O3. The van der Waals surface area contributed by atoms with Crippen LogP contribution in [-0.2, 0) is 9.47 Å². The number of hydrogen-bond donors (Lipinski definition) is 1. The minimum atomic E-state index is -0.580. The molecule has 0 bridgehead atoms. The summed E-state index contributed by atoms with van der Waals surface area (Å²) < 4.78 is 11.0. The number of carbonyl (C=O) groups is 1. The van der Waals surface area contributed by atoms with Crippen LogP contribution in [0.5, 0.6) is 0 Å². The number of nitrogens with one attached hydrogen (secondary N) is 1. The number of nitriles is 1. The monoisotopic (exact) mass is 260 g/mol. The van der Waals surface area contributed by atoms with Gasteiger partial charge in [-0.05, 0) is 38.1 Å². The summed E-state index contributed by atoms with van der Waals surface area (Å²) in [4.78, 5) is 11.9.